The molecule has 6 nitrogen and oxygen atoms in total. The smallest absolute Gasteiger partial charge is 0.407 e. The van der Waals surface area contributed by atoms with Gasteiger partial charge in [-0.1, -0.05) is 30.3 Å². The Morgan fingerprint density at radius 3 is 2.71 bits per heavy atom. The molecule has 2 amide bonds. The summed E-state index contributed by atoms with van der Waals surface area (Å²) in [4.78, 5) is 25.5. The molecular formula is C18H26N2O4. The van der Waals surface area contributed by atoms with Crippen LogP contribution in [0.15, 0.2) is 30.3 Å². The third kappa shape index (κ3) is 5.85. The number of benzene rings is 1. The fourth-order valence-corrected chi connectivity index (χ4v) is 3.09. The third-order valence-corrected chi connectivity index (χ3v) is 4.29. The highest BCUT2D eigenvalue weighted by atomic mass is 16.5. The van der Waals surface area contributed by atoms with E-state index in [4.69, 9.17) is 9.84 Å². The molecule has 1 aromatic carbocycles. The topological polar surface area (TPSA) is 78.9 Å². The molecule has 132 valence electrons. The van der Waals surface area contributed by atoms with Crippen LogP contribution in [0.5, 0.6) is 0 Å². The lowest BCUT2D eigenvalue weighted by molar-refractivity contribution is -0.131. The summed E-state index contributed by atoms with van der Waals surface area (Å²) < 4.78 is 5.25. The first-order chi connectivity index (χ1) is 11.6. The third-order valence-electron chi connectivity index (χ3n) is 4.29. The van der Waals surface area contributed by atoms with Gasteiger partial charge in [0.2, 0.25) is 5.91 Å². The number of ether oxygens (including phenoxy) is 1. The van der Waals surface area contributed by atoms with Crippen LogP contribution in [0, 0.1) is 5.92 Å². The van der Waals surface area contributed by atoms with Crippen molar-refractivity contribution in [1.29, 1.82) is 0 Å². The van der Waals surface area contributed by atoms with E-state index in [2.05, 4.69) is 5.32 Å². The number of carbonyl (C=O) groups is 2. The summed E-state index contributed by atoms with van der Waals surface area (Å²) in [5, 5.41) is 11.9. The van der Waals surface area contributed by atoms with Gasteiger partial charge in [0, 0.05) is 26.6 Å². The molecule has 1 saturated heterocycles. The van der Waals surface area contributed by atoms with Gasteiger partial charge in [0.1, 0.15) is 6.61 Å². The van der Waals surface area contributed by atoms with Gasteiger partial charge in [0.25, 0.3) is 0 Å². The second-order valence-electron chi connectivity index (χ2n) is 6.29. The van der Waals surface area contributed by atoms with Crippen molar-refractivity contribution in [2.75, 3.05) is 19.7 Å². The average Bonchev–Trinajstić information content (AvgIpc) is 2.59. The van der Waals surface area contributed by atoms with Crippen LogP contribution >= 0.6 is 0 Å². The summed E-state index contributed by atoms with van der Waals surface area (Å²) in [6.45, 7) is 3.11. The maximum atomic E-state index is 12.0. The first-order valence-electron chi connectivity index (χ1n) is 8.42. The highest BCUT2D eigenvalue weighted by Gasteiger charge is 2.29. The molecule has 0 radical (unpaired) electrons. The first kappa shape index (κ1) is 18.3. The van der Waals surface area contributed by atoms with E-state index in [0.29, 0.717) is 19.5 Å². The Hall–Kier alpha value is -2.08. The molecule has 0 spiro atoms. The minimum absolute atomic E-state index is 0.00755. The number of nitrogens with zero attached hydrogens (tertiary/aromatic N) is 1. The van der Waals surface area contributed by atoms with Gasteiger partial charge in [-0.3, -0.25) is 4.79 Å². The highest BCUT2D eigenvalue weighted by molar-refractivity contribution is 5.73. The van der Waals surface area contributed by atoms with E-state index in [1.807, 2.05) is 30.3 Å². The Balaban J connectivity index is 1.84. The van der Waals surface area contributed by atoms with Crippen LogP contribution in [0.1, 0.15) is 31.7 Å². The van der Waals surface area contributed by atoms with E-state index >= 15 is 0 Å². The Kier molecular flexibility index (Phi) is 7.06. The quantitative estimate of drug-likeness (QED) is 0.833. The van der Waals surface area contributed by atoms with Crippen LogP contribution in [0.25, 0.3) is 0 Å². The number of nitrogens with one attached hydrogen (secondary N) is 1. The van der Waals surface area contributed by atoms with Crippen molar-refractivity contribution >= 4 is 12.0 Å². The zero-order valence-electron chi connectivity index (χ0n) is 14.1. The number of amides is 2. The van der Waals surface area contributed by atoms with Crippen molar-refractivity contribution in [1.82, 2.24) is 10.2 Å². The fourth-order valence-electron chi connectivity index (χ4n) is 3.09. The second-order valence-corrected chi connectivity index (χ2v) is 6.29. The molecule has 2 N–H and O–H groups in total. The number of aliphatic hydroxyl groups excluding tert-OH is 1. The Morgan fingerprint density at radius 1 is 1.29 bits per heavy atom. The molecule has 0 bridgehead atoms. The number of alkyl carbamates (subject to hydrolysis) is 1. The molecule has 6 heteroatoms. The molecule has 2 rings (SSSR count). The monoisotopic (exact) mass is 334 g/mol. The summed E-state index contributed by atoms with van der Waals surface area (Å²) in [6.07, 6.45) is 1.89. The Bertz CT molecular complexity index is 535. The lowest BCUT2D eigenvalue weighted by atomic mass is 9.90. The van der Waals surface area contributed by atoms with Crippen LogP contribution in [0.4, 0.5) is 4.79 Å². The molecule has 1 aliphatic heterocycles. The number of aliphatic hydroxyl groups is 1. The number of hydrogen-bond acceptors (Lipinski definition) is 4. The van der Waals surface area contributed by atoms with Crippen LogP contribution in [-0.4, -0.2) is 47.7 Å². The molecule has 0 aliphatic carbocycles. The van der Waals surface area contributed by atoms with Crippen LogP contribution in [0.2, 0.25) is 0 Å². The number of piperidine rings is 1. The Labute approximate surface area is 142 Å². The van der Waals surface area contributed by atoms with E-state index in [9.17, 15) is 9.59 Å². The minimum atomic E-state index is -0.463. The van der Waals surface area contributed by atoms with E-state index < -0.39 is 6.09 Å². The van der Waals surface area contributed by atoms with Crippen molar-refractivity contribution in [3.05, 3.63) is 35.9 Å². The number of hydrogen-bond donors (Lipinski definition) is 2. The molecule has 1 heterocycles. The SMILES string of the molecule is CC(=O)N1CC(CCCO)CC(NC(=O)OCc2ccccc2)C1. The zero-order chi connectivity index (χ0) is 17.4. The summed E-state index contributed by atoms with van der Waals surface area (Å²) in [6, 6.07) is 9.39. The largest absolute Gasteiger partial charge is 0.445 e. The van der Waals surface area contributed by atoms with E-state index in [0.717, 1.165) is 18.4 Å². The second kappa shape index (κ2) is 9.27. The summed E-state index contributed by atoms with van der Waals surface area (Å²) in [7, 11) is 0. The standard InChI is InChI=1S/C18H26N2O4/c1-14(22)20-11-16(8-5-9-21)10-17(12-20)19-18(23)24-13-15-6-3-2-4-7-15/h2-4,6-7,16-17,21H,5,8-13H2,1H3,(H,19,23). The van der Waals surface area contributed by atoms with Crippen LogP contribution in [0.3, 0.4) is 0 Å². The lowest BCUT2D eigenvalue weighted by Crippen LogP contribution is -2.52. The number of rotatable bonds is 6. The first-order valence-corrected chi connectivity index (χ1v) is 8.42. The molecule has 2 unspecified atom stereocenters. The van der Waals surface area contributed by atoms with Crippen molar-refractivity contribution < 1.29 is 19.4 Å². The maximum absolute atomic E-state index is 12.0. The van der Waals surface area contributed by atoms with Crippen LogP contribution < -0.4 is 5.32 Å². The zero-order valence-corrected chi connectivity index (χ0v) is 14.1. The van der Waals surface area contributed by atoms with Gasteiger partial charge in [-0.2, -0.15) is 0 Å². The maximum Gasteiger partial charge on any atom is 0.407 e. The summed E-state index contributed by atoms with van der Waals surface area (Å²) >= 11 is 0. The molecule has 2 atom stereocenters. The predicted molar refractivity (Wildman–Crippen MR) is 90.2 cm³/mol. The molecule has 1 fully saturated rings. The Morgan fingerprint density at radius 2 is 2.04 bits per heavy atom. The average molecular weight is 334 g/mol. The van der Waals surface area contributed by atoms with Crippen LogP contribution in [-0.2, 0) is 16.1 Å². The molecule has 0 saturated carbocycles. The predicted octanol–water partition coefficient (Wildman–Crippen LogP) is 1.92. The number of likely N-dealkylation sites (tertiary alicyclic amines) is 1. The van der Waals surface area contributed by atoms with E-state index in [-0.39, 0.29) is 31.1 Å². The lowest BCUT2D eigenvalue weighted by Gasteiger charge is -2.37. The van der Waals surface area contributed by atoms with Crippen molar-refractivity contribution in [2.45, 2.75) is 38.8 Å². The van der Waals surface area contributed by atoms with Gasteiger partial charge in [-0.05, 0) is 30.7 Å². The molecule has 24 heavy (non-hydrogen) atoms. The number of carbonyl (C=O) groups excluding carboxylic acids is 2. The van der Waals surface area contributed by atoms with Gasteiger partial charge in [-0.25, -0.2) is 4.79 Å². The molecule has 0 aromatic heterocycles. The van der Waals surface area contributed by atoms with Gasteiger partial charge in [-0.15, -0.1) is 0 Å². The fraction of sp³-hybridized carbons (Fsp3) is 0.556. The van der Waals surface area contributed by atoms with E-state index in [1.54, 1.807) is 11.8 Å². The van der Waals surface area contributed by atoms with Gasteiger partial charge in [0.15, 0.2) is 0 Å². The van der Waals surface area contributed by atoms with Crippen molar-refractivity contribution in [2.24, 2.45) is 5.92 Å². The van der Waals surface area contributed by atoms with Gasteiger partial charge < -0.3 is 20.1 Å². The van der Waals surface area contributed by atoms with Gasteiger partial charge in [0.05, 0.1) is 6.04 Å². The molecular weight excluding hydrogens is 308 g/mol. The highest BCUT2D eigenvalue weighted by Crippen LogP contribution is 2.21. The van der Waals surface area contributed by atoms with Gasteiger partial charge >= 0.3 is 6.09 Å². The van der Waals surface area contributed by atoms with Crippen molar-refractivity contribution in [3.8, 4) is 0 Å². The molecule has 1 aliphatic rings. The molecule has 1 aromatic rings. The normalized spacial score (nSPS) is 20.5. The summed E-state index contributed by atoms with van der Waals surface area (Å²) in [5.41, 5.74) is 0.933. The van der Waals surface area contributed by atoms with E-state index in [1.165, 1.54) is 0 Å². The van der Waals surface area contributed by atoms with Crippen molar-refractivity contribution in [3.63, 3.8) is 0 Å². The minimum Gasteiger partial charge on any atom is -0.445 e. The summed E-state index contributed by atoms with van der Waals surface area (Å²) in [5.74, 6) is 0.294.